The Morgan fingerprint density at radius 1 is 0.889 bits per heavy atom. The summed E-state index contributed by atoms with van der Waals surface area (Å²) in [6, 6.07) is 22.2. The van der Waals surface area contributed by atoms with Crippen LogP contribution in [0.2, 0.25) is 0 Å². The van der Waals surface area contributed by atoms with Gasteiger partial charge in [-0.05, 0) is 34.0 Å². The van der Waals surface area contributed by atoms with Crippen LogP contribution in [0.25, 0.3) is 10.8 Å². The first kappa shape index (κ1) is 17.7. The summed E-state index contributed by atoms with van der Waals surface area (Å²) in [6.45, 7) is 4.93. The minimum atomic E-state index is -0.0399. The molecule has 138 valence electrons. The van der Waals surface area contributed by atoms with Crippen molar-refractivity contribution in [3.63, 3.8) is 0 Å². The monoisotopic (exact) mass is 360 g/mol. The average molecular weight is 360 g/mol. The van der Waals surface area contributed by atoms with E-state index in [1.807, 2.05) is 42.5 Å². The minimum Gasteiger partial charge on any atom is -0.379 e. The fraction of sp³-hybridized carbons (Fsp3) is 0.261. The zero-order valence-corrected chi connectivity index (χ0v) is 15.4. The molecule has 4 rings (SSSR count). The molecule has 1 fully saturated rings. The molecule has 0 unspecified atom stereocenters. The lowest BCUT2D eigenvalue weighted by atomic mass is 10.1. The molecule has 0 spiro atoms. The zero-order valence-electron chi connectivity index (χ0n) is 15.4. The summed E-state index contributed by atoms with van der Waals surface area (Å²) >= 11 is 0. The van der Waals surface area contributed by atoms with Crippen LogP contribution in [0.4, 0.5) is 0 Å². The van der Waals surface area contributed by atoms with Gasteiger partial charge in [-0.1, -0.05) is 54.6 Å². The Hall–Kier alpha value is -2.69. The Bertz CT molecular complexity index is 932. The van der Waals surface area contributed by atoms with Crippen LogP contribution in [0, 0.1) is 0 Å². The maximum Gasteiger partial charge on any atom is 0.251 e. The predicted octanol–water partition coefficient (Wildman–Crippen LogP) is 3.60. The Balaban J connectivity index is 1.43. The van der Waals surface area contributed by atoms with Crippen molar-refractivity contribution in [1.82, 2.24) is 10.2 Å². The second-order valence-corrected chi connectivity index (χ2v) is 6.90. The van der Waals surface area contributed by atoms with E-state index in [0.29, 0.717) is 12.1 Å². The van der Waals surface area contributed by atoms with E-state index in [1.54, 1.807) is 0 Å². The van der Waals surface area contributed by atoms with Crippen LogP contribution in [-0.4, -0.2) is 37.1 Å². The Morgan fingerprint density at radius 2 is 1.59 bits per heavy atom. The first-order chi connectivity index (χ1) is 13.3. The van der Waals surface area contributed by atoms with Gasteiger partial charge in [0.05, 0.1) is 13.2 Å². The lowest BCUT2D eigenvalue weighted by Gasteiger charge is -2.27. The molecular weight excluding hydrogens is 336 g/mol. The van der Waals surface area contributed by atoms with Crippen LogP contribution < -0.4 is 5.32 Å². The second-order valence-electron chi connectivity index (χ2n) is 6.90. The smallest absolute Gasteiger partial charge is 0.251 e. The Morgan fingerprint density at radius 3 is 2.41 bits per heavy atom. The number of hydrogen-bond donors (Lipinski definition) is 1. The van der Waals surface area contributed by atoms with Crippen LogP contribution in [0.1, 0.15) is 21.5 Å². The van der Waals surface area contributed by atoms with Gasteiger partial charge in [-0.3, -0.25) is 9.69 Å². The Labute approximate surface area is 159 Å². The van der Waals surface area contributed by atoms with E-state index in [2.05, 4.69) is 34.5 Å². The molecule has 0 aromatic heterocycles. The third kappa shape index (κ3) is 4.35. The predicted molar refractivity (Wildman–Crippen MR) is 108 cm³/mol. The van der Waals surface area contributed by atoms with Crippen molar-refractivity contribution in [3.8, 4) is 0 Å². The molecule has 1 aliphatic rings. The number of nitrogens with zero attached hydrogens (tertiary/aromatic N) is 1. The van der Waals surface area contributed by atoms with Crippen molar-refractivity contribution in [2.45, 2.75) is 13.1 Å². The van der Waals surface area contributed by atoms with Gasteiger partial charge >= 0.3 is 0 Å². The van der Waals surface area contributed by atoms with E-state index in [0.717, 1.165) is 49.2 Å². The highest BCUT2D eigenvalue weighted by molar-refractivity contribution is 5.98. The van der Waals surface area contributed by atoms with Crippen molar-refractivity contribution >= 4 is 16.7 Å². The summed E-state index contributed by atoms with van der Waals surface area (Å²) in [5.41, 5.74) is 3.12. The summed E-state index contributed by atoms with van der Waals surface area (Å²) < 4.78 is 5.43. The number of fused-ring (bicyclic) bond motifs is 1. The third-order valence-electron chi connectivity index (χ3n) is 5.07. The standard InChI is InChI=1S/C23H24N2O2/c26-23(20-10-9-18-5-1-2-6-19(18)15-20)24-16-21-7-3-4-8-22(21)17-25-11-13-27-14-12-25/h1-10,15H,11-14,16-17H2,(H,24,26). The summed E-state index contributed by atoms with van der Waals surface area (Å²) in [7, 11) is 0. The number of rotatable bonds is 5. The van der Waals surface area contributed by atoms with E-state index in [1.165, 1.54) is 5.56 Å². The molecule has 1 saturated heterocycles. The number of hydrogen-bond acceptors (Lipinski definition) is 3. The number of benzene rings is 3. The number of carbonyl (C=O) groups excluding carboxylic acids is 1. The molecule has 0 radical (unpaired) electrons. The van der Waals surface area contributed by atoms with Crippen LogP contribution >= 0.6 is 0 Å². The second kappa shape index (κ2) is 8.33. The molecule has 3 aromatic rings. The summed E-state index contributed by atoms with van der Waals surface area (Å²) in [5, 5.41) is 5.30. The summed E-state index contributed by atoms with van der Waals surface area (Å²) in [5.74, 6) is -0.0399. The van der Waals surface area contributed by atoms with E-state index in [4.69, 9.17) is 4.74 Å². The number of carbonyl (C=O) groups is 1. The van der Waals surface area contributed by atoms with Crippen LogP contribution in [0.5, 0.6) is 0 Å². The molecule has 4 heteroatoms. The number of morpholine rings is 1. The minimum absolute atomic E-state index is 0.0399. The van der Waals surface area contributed by atoms with Crippen molar-refractivity contribution < 1.29 is 9.53 Å². The zero-order chi connectivity index (χ0) is 18.5. The van der Waals surface area contributed by atoms with Gasteiger partial charge in [-0.15, -0.1) is 0 Å². The molecule has 0 saturated carbocycles. The SMILES string of the molecule is O=C(NCc1ccccc1CN1CCOCC1)c1ccc2ccccc2c1. The highest BCUT2D eigenvalue weighted by Crippen LogP contribution is 2.16. The van der Waals surface area contributed by atoms with Gasteiger partial charge in [0.2, 0.25) is 0 Å². The lowest BCUT2D eigenvalue weighted by molar-refractivity contribution is 0.0340. The van der Waals surface area contributed by atoms with Crippen molar-refractivity contribution in [2.75, 3.05) is 26.3 Å². The molecule has 1 N–H and O–H groups in total. The molecule has 1 amide bonds. The van der Waals surface area contributed by atoms with Crippen LogP contribution in [-0.2, 0) is 17.8 Å². The van der Waals surface area contributed by atoms with Gasteiger partial charge < -0.3 is 10.1 Å². The summed E-state index contributed by atoms with van der Waals surface area (Å²) in [4.78, 5) is 15.0. The van der Waals surface area contributed by atoms with Crippen LogP contribution in [0.3, 0.4) is 0 Å². The fourth-order valence-corrected chi connectivity index (χ4v) is 3.49. The highest BCUT2D eigenvalue weighted by atomic mass is 16.5. The molecule has 0 aliphatic carbocycles. The molecule has 3 aromatic carbocycles. The number of ether oxygens (including phenoxy) is 1. The van der Waals surface area contributed by atoms with Gasteiger partial charge in [0.1, 0.15) is 0 Å². The van der Waals surface area contributed by atoms with Gasteiger partial charge in [-0.2, -0.15) is 0 Å². The molecule has 27 heavy (non-hydrogen) atoms. The maximum atomic E-state index is 12.6. The van der Waals surface area contributed by atoms with Crippen molar-refractivity contribution in [2.24, 2.45) is 0 Å². The topological polar surface area (TPSA) is 41.6 Å². The van der Waals surface area contributed by atoms with E-state index in [-0.39, 0.29) is 5.91 Å². The van der Waals surface area contributed by atoms with E-state index in [9.17, 15) is 4.79 Å². The third-order valence-corrected chi connectivity index (χ3v) is 5.07. The number of nitrogens with one attached hydrogen (secondary N) is 1. The number of amides is 1. The maximum absolute atomic E-state index is 12.6. The molecule has 0 bridgehead atoms. The van der Waals surface area contributed by atoms with E-state index >= 15 is 0 Å². The van der Waals surface area contributed by atoms with Gasteiger partial charge in [0.25, 0.3) is 5.91 Å². The first-order valence-electron chi connectivity index (χ1n) is 9.43. The molecule has 0 atom stereocenters. The quantitative estimate of drug-likeness (QED) is 0.756. The lowest BCUT2D eigenvalue weighted by Crippen LogP contribution is -2.36. The molecule has 1 aliphatic heterocycles. The van der Waals surface area contributed by atoms with Gasteiger partial charge in [0.15, 0.2) is 0 Å². The average Bonchev–Trinajstić information content (AvgIpc) is 2.73. The molecule has 1 heterocycles. The molecule has 4 nitrogen and oxygen atoms in total. The summed E-state index contributed by atoms with van der Waals surface area (Å²) in [6.07, 6.45) is 0. The van der Waals surface area contributed by atoms with Crippen molar-refractivity contribution in [1.29, 1.82) is 0 Å². The normalized spacial score (nSPS) is 15.0. The molecular formula is C23H24N2O2. The highest BCUT2D eigenvalue weighted by Gasteiger charge is 2.13. The van der Waals surface area contributed by atoms with Gasteiger partial charge in [0, 0.05) is 31.7 Å². The fourth-order valence-electron chi connectivity index (χ4n) is 3.49. The first-order valence-corrected chi connectivity index (χ1v) is 9.43. The Kier molecular flexibility index (Phi) is 5.47. The largest absolute Gasteiger partial charge is 0.379 e. The van der Waals surface area contributed by atoms with Crippen LogP contribution in [0.15, 0.2) is 66.7 Å². The van der Waals surface area contributed by atoms with Gasteiger partial charge in [-0.25, -0.2) is 0 Å². The van der Waals surface area contributed by atoms with Crippen molar-refractivity contribution in [3.05, 3.63) is 83.4 Å². The van der Waals surface area contributed by atoms with E-state index < -0.39 is 0 Å².